The van der Waals surface area contributed by atoms with Crippen LogP contribution in [0.25, 0.3) is 10.9 Å². The SMILES string of the molecule is COC(=O)c1cc(CNCC2CCC(CCCc3nc(N(C)C)c4ccccc4n3)CC2)cn1C. The normalized spacial score (nSPS) is 18.1. The number of nitrogens with zero attached hydrogens (tertiary/aromatic N) is 4. The largest absolute Gasteiger partial charge is 0.464 e. The number of hydrogen-bond donors (Lipinski definition) is 1. The number of ether oxygens (including phenoxy) is 1. The van der Waals surface area contributed by atoms with Crippen LogP contribution in [0.3, 0.4) is 0 Å². The molecule has 1 aromatic carbocycles. The molecule has 0 aliphatic heterocycles. The number of benzene rings is 1. The van der Waals surface area contributed by atoms with E-state index < -0.39 is 0 Å². The van der Waals surface area contributed by atoms with E-state index in [1.165, 1.54) is 39.2 Å². The number of anilines is 1. The fourth-order valence-electron chi connectivity index (χ4n) is 5.29. The van der Waals surface area contributed by atoms with E-state index in [9.17, 15) is 4.79 Å². The first kappa shape index (κ1) is 25.2. The molecule has 0 radical (unpaired) electrons. The van der Waals surface area contributed by atoms with Crippen molar-refractivity contribution >= 4 is 22.7 Å². The lowest BCUT2D eigenvalue weighted by molar-refractivity contribution is 0.0590. The summed E-state index contributed by atoms with van der Waals surface area (Å²) in [5.74, 6) is 3.23. The number of nitrogens with one attached hydrogen (secondary N) is 1. The van der Waals surface area contributed by atoms with Crippen LogP contribution in [0.2, 0.25) is 0 Å². The third-order valence-electron chi connectivity index (χ3n) is 7.25. The molecular formula is C28H39N5O2. The minimum atomic E-state index is -0.289. The Hall–Kier alpha value is -2.93. The molecular weight excluding hydrogens is 438 g/mol. The first-order chi connectivity index (χ1) is 16.9. The number of methoxy groups -OCH3 is 1. The van der Waals surface area contributed by atoms with Gasteiger partial charge in [0.2, 0.25) is 0 Å². The Balaban J connectivity index is 1.18. The number of carbonyl (C=O) groups is 1. The third kappa shape index (κ3) is 6.40. The fraction of sp³-hybridized carbons (Fsp3) is 0.536. The zero-order chi connectivity index (χ0) is 24.8. The van der Waals surface area contributed by atoms with E-state index in [1.54, 1.807) is 0 Å². The van der Waals surface area contributed by atoms with Crippen LogP contribution >= 0.6 is 0 Å². The van der Waals surface area contributed by atoms with Crippen LogP contribution < -0.4 is 10.2 Å². The molecule has 2 aromatic heterocycles. The molecule has 35 heavy (non-hydrogen) atoms. The maximum Gasteiger partial charge on any atom is 0.354 e. The van der Waals surface area contributed by atoms with Crippen LogP contribution in [0.15, 0.2) is 36.5 Å². The van der Waals surface area contributed by atoms with Crippen molar-refractivity contribution in [3.8, 4) is 0 Å². The summed E-state index contributed by atoms with van der Waals surface area (Å²) in [5.41, 5.74) is 2.75. The highest BCUT2D eigenvalue weighted by Crippen LogP contribution is 2.32. The van der Waals surface area contributed by atoms with Crippen molar-refractivity contribution in [1.82, 2.24) is 19.9 Å². The van der Waals surface area contributed by atoms with E-state index in [0.717, 1.165) is 65.9 Å². The minimum absolute atomic E-state index is 0.289. The second kappa shape index (κ2) is 11.7. The molecule has 1 fully saturated rings. The smallest absolute Gasteiger partial charge is 0.354 e. The molecule has 0 saturated heterocycles. The predicted molar refractivity (Wildman–Crippen MR) is 141 cm³/mol. The van der Waals surface area contributed by atoms with E-state index in [2.05, 4.69) is 22.3 Å². The molecule has 1 saturated carbocycles. The number of fused-ring (bicyclic) bond motifs is 1. The van der Waals surface area contributed by atoms with Gasteiger partial charge in [0, 0.05) is 45.7 Å². The molecule has 0 spiro atoms. The summed E-state index contributed by atoms with van der Waals surface area (Å²) < 4.78 is 6.67. The Morgan fingerprint density at radius 1 is 1.14 bits per heavy atom. The lowest BCUT2D eigenvalue weighted by Crippen LogP contribution is -2.26. The molecule has 0 amide bonds. The highest BCUT2D eigenvalue weighted by Gasteiger charge is 2.21. The van der Waals surface area contributed by atoms with Crippen LogP contribution in [0.4, 0.5) is 5.82 Å². The van der Waals surface area contributed by atoms with Gasteiger partial charge in [0.15, 0.2) is 0 Å². The van der Waals surface area contributed by atoms with E-state index >= 15 is 0 Å². The van der Waals surface area contributed by atoms with Crippen molar-refractivity contribution in [3.63, 3.8) is 0 Å². The first-order valence-corrected chi connectivity index (χ1v) is 12.8. The summed E-state index contributed by atoms with van der Waals surface area (Å²) in [6.45, 7) is 1.82. The van der Waals surface area contributed by atoms with E-state index in [0.29, 0.717) is 5.69 Å². The van der Waals surface area contributed by atoms with Crippen molar-refractivity contribution in [2.45, 2.75) is 51.5 Å². The molecule has 0 unspecified atom stereocenters. The van der Waals surface area contributed by atoms with Crippen molar-refractivity contribution < 1.29 is 9.53 Å². The summed E-state index contributed by atoms with van der Waals surface area (Å²) in [6, 6.07) is 10.2. The van der Waals surface area contributed by atoms with Gasteiger partial charge in [-0.15, -0.1) is 0 Å². The summed E-state index contributed by atoms with van der Waals surface area (Å²) >= 11 is 0. The summed E-state index contributed by atoms with van der Waals surface area (Å²) in [4.78, 5) is 23.5. The van der Waals surface area contributed by atoms with Gasteiger partial charge in [-0.05, 0) is 61.4 Å². The second-order valence-electron chi connectivity index (χ2n) is 10.1. The van der Waals surface area contributed by atoms with Gasteiger partial charge < -0.3 is 19.5 Å². The molecule has 7 heteroatoms. The summed E-state index contributed by atoms with van der Waals surface area (Å²) in [5, 5.41) is 4.71. The van der Waals surface area contributed by atoms with E-state index in [-0.39, 0.29) is 5.97 Å². The molecule has 4 rings (SSSR count). The van der Waals surface area contributed by atoms with Crippen LogP contribution in [0, 0.1) is 11.8 Å². The van der Waals surface area contributed by atoms with Crippen LogP contribution in [-0.2, 0) is 24.8 Å². The Morgan fingerprint density at radius 2 is 1.89 bits per heavy atom. The zero-order valence-electron chi connectivity index (χ0n) is 21.6. The van der Waals surface area contributed by atoms with Crippen LogP contribution in [0.5, 0.6) is 0 Å². The molecule has 1 aliphatic carbocycles. The monoisotopic (exact) mass is 477 g/mol. The number of carbonyl (C=O) groups excluding carboxylic acids is 1. The lowest BCUT2D eigenvalue weighted by Gasteiger charge is -2.28. The Bertz CT molecular complexity index is 1130. The third-order valence-corrected chi connectivity index (χ3v) is 7.25. The Morgan fingerprint density at radius 3 is 2.63 bits per heavy atom. The fourth-order valence-corrected chi connectivity index (χ4v) is 5.29. The number of aromatic nitrogens is 3. The first-order valence-electron chi connectivity index (χ1n) is 12.8. The van der Waals surface area contributed by atoms with Gasteiger partial charge in [0.1, 0.15) is 17.3 Å². The van der Waals surface area contributed by atoms with E-state index in [1.807, 2.05) is 50.1 Å². The Kier molecular flexibility index (Phi) is 8.39. The summed E-state index contributed by atoms with van der Waals surface area (Å²) in [6.07, 6.45) is 10.5. The van der Waals surface area contributed by atoms with Crippen LogP contribution in [-0.4, -0.2) is 48.3 Å². The second-order valence-corrected chi connectivity index (χ2v) is 10.1. The average Bonchev–Trinajstić information content (AvgIpc) is 3.24. The zero-order valence-corrected chi connectivity index (χ0v) is 21.6. The molecule has 3 aromatic rings. The van der Waals surface area contributed by atoms with Gasteiger partial charge >= 0.3 is 5.97 Å². The topological polar surface area (TPSA) is 72.3 Å². The maximum atomic E-state index is 11.8. The van der Waals surface area contributed by atoms with Crippen molar-refractivity contribution in [1.29, 1.82) is 0 Å². The molecule has 188 valence electrons. The maximum absolute atomic E-state index is 11.8. The van der Waals surface area contributed by atoms with Gasteiger partial charge in [-0.3, -0.25) is 0 Å². The quantitative estimate of drug-likeness (QED) is 0.425. The molecule has 2 heterocycles. The van der Waals surface area contributed by atoms with Crippen molar-refractivity contribution in [3.05, 3.63) is 53.6 Å². The molecule has 0 bridgehead atoms. The number of esters is 1. The molecule has 0 atom stereocenters. The number of rotatable bonds is 10. The number of aryl methyl sites for hydroxylation is 2. The van der Waals surface area contributed by atoms with Gasteiger partial charge in [0.25, 0.3) is 0 Å². The van der Waals surface area contributed by atoms with Gasteiger partial charge in [0.05, 0.1) is 12.6 Å². The average molecular weight is 478 g/mol. The lowest BCUT2D eigenvalue weighted by atomic mass is 9.80. The van der Waals surface area contributed by atoms with Gasteiger partial charge in [-0.2, -0.15) is 0 Å². The van der Waals surface area contributed by atoms with Gasteiger partial charge in [-0.1, -0.05) is 31.4 Å². The van der Waals surface area contributed by atoms with Gasteiger partial charge in [-0.25, -0.2) is 14.8 Å². The molecule has 7 nitrogen and oxygen atoms in total. The minimum Gasteiger partial charge on any atom is -0.464 e. The molecule has 1 aliphatic rings. The van der Waals surface area contributed by atoms with E-state index in [4.69, 9.17) is 14.7 Å². The molecule has 1 N–H and O–H groups in total. The predicted octanol–water partition coefficient (Wildman–Crippen LogP) is 4.74. The summed E-state index contributed by atoms with van der Waals surface area (Å²) in [7, 11) is 7.39. The Labute approximate surface area is 208 Å². The van der Waals surface area contributed by atoms with Crippen molar-refractivity contribution in [2.24, 2.45) is 18.9 Å². The highest BCUT2D eigenvalue weighted by molar-refractivity contribution is 5.89. The number of hydrogen-bond acceptors (Lipinski definition) is 6. The number of para-hydroxylation sites is 1. The standard InChI is InChI=1S/C28H39N5O2/c1-32(2)27-23-9-5-6-10-24(23)30-26(31-27)11-7-8-20-12-14-21(15-13-20)17-29-18-22-16-25(28(34)35-4)33(3)19-22/h5-6,9-10,16,19-21,29H,7-8,11-15,17-18H2,1-4H3. The highest BCUT2D eigenvalue weighted by atomic mass is 16.5. The van der Waals surface area contributed by atoms with Crippen molar-refractivity contribution in [2.75, 3.05) is 32.6 Å². The van der Waals surface area contributed by atoms with Crippen LogP contribution in [0.1, 0.15) is 60.4 Å².